The van der Waals surface area contributed by atoms with Crippen LogP contribution in [0.5, 0.6) is 0 Å². The lowest BCUT2D eigenvalue weighted by molar-refractivity contribution is 0.190. The lowest BCUT2D eigenvalue weighted by Crippen LogP contribution is -2.43. The molecule has 1 aliphatic heterocycles. The smallest absolute Gasteiger partial charge is 0.124 e. The van der Waals surface area contributed by atoms with Crippen LogP contribution >= 0.6 is 11.3 Å². The van der Waals surface area contributed by atoms with E-state index >= 15 is 0 Å². The van der Waals surface area contributed by atoms with Crippen LogP contribution in [0.1, 0.15) is 16.8 Å². The Hall–Kier alpha value is -1.64. The number of hydrogen-bond donors (Lipinski definition) is 0. The highest BCUT2D eigenvalue weighted by Crippen LogP contribution is 2.17. The van der Waals surface area contributed by atoms with Crippen molar-refractivity contribution in [3.63, 3.8) is 0 Å². The standard InChI is InChI=1S/C16H22N4S/c1-13(10-16-18-12-15(11-17)21-16)4-5-14(2)20-8-6-19(3)7-9-20/h4-5,12-13H,2,6-10H2,1,3H3. The molecular weight excluding hydrogens is 280 g/mol. The molecule has 0 saturated carbocycles. The normalized spacial score (nSPS) is 17.9. The largest absolute Gasteiger partial charge is 0.369 e. The summed E-state index contributed by atoms with van der Waals surface area (Å²) in [5.41, 5.74) is 1.09. The van der Waals surface area contributed by atoms with E-state index in [1.54, 1.807) is 6.20 Å². The van der Waals surface area contributed by atoms with E-state index in [2.05, 4.69) is 53.6 Å². The van der Waals surface area contributed by atoms with Gasteiger partial charge < -0.3 is 9.80 Å². The lowest BCUT2D eigenvalue weighted by atomic mass is 10.1. The molecule has 0 aliphatic carbocycles. The second-order valence-electron chi connectivity index (χ2n) is 5.55. The molecule has 1 aromatic rings. The number of likely N-dealkylation sites (N-methyl/N-ethyl adjacent to an activating group) is 1. The summed E-state index contributed by atoms with van der Waals surface area (Å²) in [6.07, 6.45) is 6.83. The monoisotopic (exact) mass is 302 g/mol. The molecule has 1 atom stereocenters. The minimum Gasteiger partial charge on any atom is -0.369 e. The number of piperazine rings is 1. The lowest BCUT2D eigenvalue weighted by Gasteiger charge is -2.34. The van der Waals surface area contributed by atoms with Crippen molar-refractivity contribution in [3.8, 4) is 6.07 Å². The highest BCUT2D eigenvalue weighted by Gasteiger charge is 2.13. The van der Waals surface area contributed by atoms with E-state index in [0.717, 1.165) is 43.3 Å². The van der Waals surface area contributed by atoms with Crippen LogP contribution in [-0.4, -0.2) is 48.0 Å². The summed E-state index contributed by atoms with van der Waals surface area (Å²) in [5.74, 6) is 0.395. The van der Waals surface area contributed by atoms with Gasteiger partial charge in [0, 0.05) is 38.3 Å². The van der Waals surface area contributed by atoms with Gasteiger partial charge in [0.2, 0.25) is 0 Å². The molecule has 2 heterocycles. The molecule has 0 amide bonds. The van der Waals surface area contributed by atoms with Gasteiger partial charge in [0.05, 0.1) is 11.2 Å². The van der Waals surface area contributed by atoms with Crippen molar-refractivity contribution in [2.45, 2.75) is 13.3 Å². The van der Waals surface area contributed by atoms with Crippen LogP contribution in [0.2, 0.25) is 0 Å². The second-order valence-corrected chi connectivity index (χ2v) is 6.67. The third-order valence-electron chi connectivity index (χ3n) is 3.69. The Kier molecular flexibility index (Phi) is 5.54. The van der Waals surface area contributed by atoms with Crippen molar-refractivity contribution in [2.24, 2.45) is 5.92 Å². The topological polar surface area (TPSA) is 43.2 Å². The fourth-order valence-corrected chi connectivity index (χ4v) is 3.13. The van der Waals surface area contributed by atoms with Gasteiger partial charge in [-0.05, 0) is 19.0 Å². The van der Waals surface area contributed by atoms with E-state index < -0.39 is 0 Å². The Morgan fingerprint density at radius 1 is 1.52 bits per heavy atom. The molecule has 1 aliphatic rings. The number of allylic oxidation sites excluding steroid dienone is 2. The maximum Gasteiger partial charge on any atom is 0.124 e. The van der Waals surface area contributed by atoms with Gasteiger partial charge in [-0.1, -0.05) is 19.6 Å². The molecule has 4 nitrogen and oxygen atoms in total. The number of aromatic nitrogens is 1. The highest BCUT2D eigenvalue weighted by molar-refractivity contribution is 7.12. The molecule has 112 valence electrons. The van der Waals surface area contributed by atoms with Crippen LogP contribution in [0.3, 0.4) is 0 Å². The van der Waals surface area contributed by atoms with Crippen LogP contribution in [0.4, 0.5) is 0 Å². The van der Waals surface area contributed by atoms with Crippen molar-refractivity contribution in [2.75, 3.05) is 33.2 Å². The van der Waals surface area contributed by atoms with Crippen LogP contribution in [0.25, 0.3) is 0 Å². The zero-order chi connectivity index (χ0) is 15.2. The van der Waals surface area contributed by atoms with E-state index in [4.69, 9.17) is 5.26 Å². The third kappa shape index (κ3) is 4.69. The molecule has 1 saturated heterocycles. The fourth-order valence-electron chi connectivity index (χ4n) is 2.27. The van der Waals surface area contributed by atoms with Gasteiger partial charge in [-0.15, -0.1) is 11.3 Å². The molecule has 21 heavy (non-hydrogen) atoms. The van der Waals surface area contributed by atoms with Crippen molar-refractivity contribution >= 4 is 11.3 Å². The predicted octanol–water partition coefficient (Wildman–Crippen LogP) is 2.51. The van der Waals surface area contributed by atoms with Crippen LogP contribution in [0, 0.1) is 17.2 Å². The molecule has 0 N–H and O–H groups in total. The van der Waals surface area contributed by atoms with Crippen molar-refractivity contribution in [1.82, 2.24) is 14.8 Å². The first-order chi connectivity index (χ1) is 10.1. The Labute approximate surface area is 131 Å². The zero-order valence-electron chi connectivity index (χ0n) is 12.7. The molecule has 0 bridgehead atoms. The molecule has 1 aromatic heterocycles. The SMILES string of the molecule is C=C(C=CC(C)Cc1ncc(C#N)s1)N1CCN(C)CC1. The fraction of sp³-hybridized carbons (Fsp3) is 0.500. The van der Waals surface area contributed by atoms with Gasteiger partial charge >= 0.3 is 0 Å². The first-order valence-corrected chi connectivity index (χ1v) is 8.05. The summed E-state index contributed by atoms with van der Waals surface area (Å²) < 4.78 is 0. The molecule has 0 spiro atoms. The second kappa shape index (κ2) is 7.39. The van der Waals surface area contributed by atoms with Crippen LogP contribution < -0.4 is 0 Å². The van der Waals surface area contributed by atoms with Crippen molar-refractivity contribution < 1.29 is 0 Å². The van der Waals surface area contributed by atoms with Gasteiger partial charge in [-0.25, -0.2) is 4.98 Å². The summed E-state index contributed by atoms with van der Waals surface area (Å²) >= 11 is 1.48. The molecule has 1 fully saturated rings. The summed E-state index contributed by atoms with van der Waals surface area (Å²) in [5, 5.41) is 9.83. The highest BCUT2D eigenvalue weighted by atomic mass is 32.1. The Bertz CT molecular complexity index is 547. The van der Waals surface area contributed by atoms with E-state index in [9.17, 15) is 0 Å². The number of rotatable bonds is 5. The predicted molar refractivity (Wildman–Crippen MR) is 87.0 cm³/mol. The van der Waals surface area contributed by atoms with Gasteiger partial charge in [0.15, 0.2) is 0 Å². The first-order valence-electron chi connectivity index (χ1n) is 7.24. The Balaban J connectivity index is 1.82. The minimum atomic E-state index is 0.395. The minimum absolute atomic E-state index is 0.395. The summed E-state index contributed by atoms with van der Waals surface area (Å²) in [6.45, 7) is 10.6. The van der Waals surface area contributed by atoms with Crippen molar-refractivity contribution in [3.05, 3.63) is 40.5 Å². The van der Waals surface area contributed by atoms with E-state index in [1.807, 2.05) is 0 Å². The van der Waals surface area contributed by atoms with Crippen molar-refractivity contribution in [1.29, 1.82) is 5.26 Å². The molecule has 1 unspecified atom stereocenters. The average molecular weight is 302 g/mol. The Morgan fingerprint density at radius 3 is 2.86 bits per heavy atom. The van der Waals surface area contributed by atoms with E-state index in [1.165, 1.54) is 11.3 Å². The number of nitriles is 1. The number of nitrogens with zero attached hydrogens (tertiary/aromatic N) is 4. The van der Waals surface area contributed by atoms with Gasteiger partial charge in [-0.3, -0.25) is 0 Å². The number of hydrogen-bond acceptors (Lipinski definition) is 5. The average Bonchev–Trinajstić information content (AvgIpc) is 2.93. The van der Waals surface area contributed by atoms with E-state index in [-0.39, 0.29) is 0 Å². The van der Waals surface area contributed by atoms with E-state index in [0.29, 0.717) is 10.8 Å². The molecular formula is C16H22N4S. The van der Waals surface area contributed by atoms with Gasteiger partial charge in [0.25, 0.3) is 0 Å². The third-order valence-corrected chi connectivity index (χ3v) is 4.61. The molecule has 5 heteroatoms. The maximum absolute atomic E-state index is 8.81. The molecule has 0 radical (unpaired) electrons. The van der Waals surface area contributed by atoms with Gasteiger partial charge in [0.1, 0.15) is 10.9 Å². The first kappa shape index (κ1) is 15.7. The van der Waals surface area contributed by atoms with Crippen LogP contribution in [-0.2, 0) is 6.42 Å². The summed E-state index contributed by atoms with van der Waals surface area (Å²) in [6, 6.07) is 2.13. The summed E-state index contributed by atoms with van der Waals surface area (Å²) in [7, 11) is 2.15. The quantitative estimate of drug-likeness (QED) is 0.784. The Morgan fingerprint density at radius 2 is 2.24 bits per heavy atom. The van der Waals surface area contributed by atoms with Gasteiger partial charge in [-0.2, -0.15) is 5.26 Å². The number of thiazole rings is 1. The zero-order valence-corrected chi connectivity index (χ0v) is 13.6. The maximum atomic E-state index is 8.81. The molecule has 0 aromatic carbocycles. The summed E-state index contributed by atoms with van der Waals surface area (Å²) in [4.78, 5) is 9.63. The van der Waals surface area contributed by atoms with Crippen LogP contribution in [0.15, 0.2) is 30.6 Å². The molecule has 2 rings (SSSR count).